The van der Waals surface area contributed by atoms with Crippen molar-refractivity contribution in [2.24, 2.45) is 5.92 Å². The molecule has 5 nitrogen and oxygen atoms in total. The van der Waals surface area contributed by atoms with Gasteiger partial charge in [0, 0.05) is 0 Å². The number of aliphatic carboxylic acids is 1. The molecule has 0 aliphatic heterocycles. The minimum Gasteiger partial charge on any atom is -0.495 e. The van der Waals surface area contributed by atoms with Gasteiger partial charge in [-0.25, -0.2) is 4.79 Å². The summed E-state index contributed by atoms with van der Waals surface area (Å²) in [5.41, 5.74) is -1.16. The Labute approximate surface area is 121 Å². The van der Waals surface area contributed by atoms with E-state index >= 15 is 0 Å². The summed E-state index contributed by atoms with van der Waals surface area (Å²) in [5, 5.41) is 14.1. The average Bonchev–Trinajstić information content (AvgIpc) is 2.89. The van der Waals surface area contributed by atoms with Gasteiger partial charge in [-0.05, 0) is 30.2 Å². The Kier molecular flexibility index (Phi) is 4.32. The van der Waals surface area contributed by atoms with Crippen molar-refractivity contribution in [2.45, 2.75) is 38.1 Å². The highest BCUT2D eigenvalue weighted by Crippen LogP contribution is 2.35. The molecule has 1 aromatic rings. The van der Waals surface area contributed by atoms with Crippen LogP contribution < -0.4 is 10.1 Å². The number of carboxylic acid groups (broad SMARTS) is 1. The van der Waals surface area contributed by atoms with E-state index in [-0.39, 0.29) is 11.8 Å². The van der Waals surface area contributed by atoms with E-state index in [4.69, 9.17) is 4.74 Å². The van der Waals surface area contributed by atoms with Crippen molar-refractivity contribution in [3.63, 3.8) is 0 Å². The Morgan fingerprint density at radius 1 is 1.50 bits per heavy atom. The first kappa shape index (κ1) is 14.8. The monoisotopic (exact) mass is 297 g/mol. The summed E-state index contributed by atoms with van der Waals surface area (Å²) in [6.45, 7) is 1.89. The average molecular weight is 297 g/mol. The van der Waals surface area contributed by atoms with Gasteiger partial charge in [0.2, 0.25) is 0 Å². The van der Waals surface area contributed by atoms with Crippen molar-refractivity contribution in [1.29, 1.82) is 0 Å². The SMILES string of the molecule is COc1ccsc1C(=O)NC1(C(=O)O)CCCCC1C. The summed E-state index contributed by atoms with van der Waals surface area (Å²) in [5.74, 6) is -0.915. The molecule has 2 N–H and O–H groups in total. The van der Waals surface area contributed by atoms with E-state index in [0.29, 0.717) is 17.0 Å². The van der Waals surface area contributed by atoms with Crippen molar-refractivity contribution in [3.05, 3.63) is 16.3 Å². The van der Waals surface area contributed by atoms with Gasteiger partial charge < -0.3 is 15.2 Å². The summed E-state index contributed by atoms with van der Waals surface area (Å²) in [6.07, 6.45) is 3.12. The predicted molar refractivity (Wildman–Crippen MR) is 76.3 cm³/mol. The van der Waals surface area contributed by atoms with Crippen molar-refractivity contribution >= 4 is 23.2 Å². The lowest BCUT2D eigenvalue weighted by atomic mass is 9.73. The van der Waals surface area contributed by atoms with Crippen LogP contribution in [0.4, 0.5) is 0 Å². The first-order valence-electron chi connectivity index (χ1n) is 6.68. The highest BCUT2D eigenvalue weighted by molar-refractivity contribution is 7.12. The smallest absolute Gasteiger partial charge is 0.329 e. The first-order chi connectivity index (χ1) is 9.51. The minimum atomic E-state index is -1.16. The van der Waals surface area contributed by atoms with E-state index in [0.717, 1.165) is 19.3 Å². The molecule has 0 saturated heterocycles. The van der Waals surface area contributed by atoms with E-state index in [1.165, 1.54) is 18.4 Å². The van der Waals surface area contributed by atoms with Crippen LogP contribution in [-0.2, 0) is 4.79 Å². The molecule has 0 spiro atoms. The first-order valence-corrected chi connectivity index (χ1v) is 7.56. The van der Waals surface area contributed by atoms with E-state index in [1.807, 2.05) is 6.92 Å². The molecule has 0 radical (unpaired) electrons. The molecule has 1 heterocycles. The fourth-order valence-corrected chi connectivity index (χ4v) is 3.54. The van der Waals surface area contributed by atoms with Crippen molar-refractivity contribution in [2.75, 3.05) is 7.11 Å². The number of carbonyl (C=O) groups is 2. The number of thiophene rings is 1. The molecule has 0 aromatic carbocycles. The van der Waals surface area contributed by atoms with Crippen LogP contribution >= 0.6 is 11.3 Å². The van der Waals surface area contributed by atoms with Gasteiger partial charge in [-0.3, -0.25) is 4.79 Å². The predicted octanol–water partition coefficient (Wildman–Crippen LogP) is 2.52. The molecule has 1 aliphatic rings. The lowest BCUT2D eigenvalue weighted by Crippen LogP contribution is -2.59. The standard InChI is InChI=1S/C14H19NO4S/c1-9-5-3-4-7-14(9,13(17)18)15-12(16)11-10(19-2)6-8-20-11/h6,8-9H,3-5,7H2,1-2H3,(H,15,16)(H,17,18). The van der Waals surface area contributed by atoms with E-state index < -0.39 is 11.5 Å². The third kappa shape index (κ3) is 2.52. The summed E-state index contributed by atoms with van der Waals surface area (Å²) in [7, 11) is 1.50. The summed E-state index contributed by atoms with van der Waals surface area (Å²) < 4.78 is 5.12. The molecule has 1 fully saturated rings. The van der Waals surface area contributed by atoms with Crippen molar-refractivity contribution in [1.82, 2.24) is 5.32 Å². The van der Waals surface area contributed by atoms with Crippen LogP contribution in [0.2, 0.25) is 0 Å². The van der Waals surface area contributed by atoms with Crippen LogP contribution in [0, 0.1) is 5.92 Å². The van der Waals surface area contributed by atoms with Crippen LogP contribution in [-0.4, -0.2) is 29.6 Å². The van der Waals surface area contributed by atoms with E-state index in [1.54, 1.807) is 11.4 Å². The molecule has 1 saturated carbocycles. The molecule has 6 heteroatoms. The van der Waals surface area contributed by atoms with Gasteiger partial charge in [0.25, 0.3) is 5.91 Å². The molecular weight excluding hydrogens is 278 g/mol. The zero-order chi connectivity index (χ0) is 14.8. The van der Waals surface area contributed by atoms with Crippen LogP contribution in [0.5, 0.6) is 5.75 Å². The van der Waals surface area contributed by atoms with Gasteiger partial charge >= 0.3 is 5.97 Å². The van der Waals surface area contributed by atoms with Gasteiger partial charge in [0.15, 0.2) is 0 Å². The molecule has 1 aliphatic carbocycles. The number of hydrogen-bond donors (Lipinski definition) is 2. The highest BCUT2D eigenvalue weighted by Gasteiger charge is 2.46. The summed E-state index contributed by atoms with van der Waals surface area (Å²) in [4.78, 5) is 24.5. The Bertz CT molecular complexity index is 513. The number of ether oxygens (including phenoxy) is 1. The second-order valence-electron chi connectivity index (χ2n) is 5.20. The van der Waals surface area contributed by atoms with Crippen molar-refractivity contribution in [3.8, 4) is 5.75 Å². The summed E-state index contributed by atoms with van der Waals surface area (Å²) >= 11 is 1.25. The number of rotatable bonds is 4. The topological polar surface area (TPSA) is 75.6 Å². The van der Waals surface area contributed by atoms with Gasteiger partial charge in [-0.1, -0.05) is 19.8 Å². The van der Waals surface area contributed by atoms with Crippen LogP contribution in [0.15, 0.2) is 11.4 Å². The zero-order valence-electron chi connectivity index (χ0n) is 11.6. The van der Waals surface area contributed by atoms with Crippen LogP contribution in [0.1, 0.15) is 42.3 Å². The fraction of sp³-hybridized carbons (Fsp3) is 0.571. The quantitative estimate of drug-likeness (QED) is 0.895. The Morgan fingerprint density at radius 2 is 2.25 bits per heavy atom. The number of methoxy groups -OCH3 is 1. The second kappa shape index (κ2) is 5.83. The lowest BCUT2D eigenvalue weighted by molar-refractivity contribution is -0.148. The molecular formula is C14H19NO4S. The van der Waals surface area contributed by atoms with Gasteiger partial charge in [0.05, 0.1) is 7.11 Å². The fourth-order valence-electron chi connectivity index (χ4n) is 2.79. The zero-order valence-corrected chi connectivity index (χ0v) is 12.5. The Morgan fingerprint density at radius 3 is 2.85 bits per heavy atom. The maximum Gasteiger partial charge on any atom is 0.329 e. The molecule has 20 heavy (non-hydrogen) atoms. The molecule has 2 atom stereocenters. The third-order valence-electron chi connectivity index (χ3n) is 4.07. The van der Waals surface area contributed by atoms with Crippen LogP contribution in [0.3, 0.4) is 0 Å². The molecule has 1 aromatic heterocycles. The molecule has 0 bridgehead atoms. The second-order valence-corrected chi connectivity index (χ2v) is 6.11. The van der Waals surface area contributed by atoms with Crippen molar-refractivity contribution < 1.29 is 19.4 Å². The number of nitrogens with one attached hydrogen (secondary N) is 1. The lowest BCUT2D eigenvalue weighted by Gasteiger charge is -2.39. The van der Waals surface area contributed by atoms with Gasteiger partial charge in [-0.15, -0.1) is 11.3 Å². The largest absolute Gasteiger partial charge is 0.495 e. The summed E-state index contributed by atoms with van der Waals surface area (Å²) in [6, 6.07) is 1.71. The van der Waals surface area contributed by atoms with E-state index in [9.17, 15) is 14.7 Å². The Hall–Kier alpha value is -1.56. The number of carbonyl (C=O) groups excluding carboxylic acids is 1. The van der Waals surface area contributed by atoms with Crippen LogP contribution in [0.25, 0.3) is 0 Å². The maximum absolute atomic E-state index is 12.4. The number of hydrogen-bond acceptors (Lipinski definition) is 4. The number of amides is 1. The van der Waals surface area contributed by atoms with Gasteiger partial charge in [-0.2, -0.15) is 0 Å². The number of carboxylic acids is 1. The third-order valence-corrected chi connectivity index (χ3v) is 4.97. The molecule has 1 amide bonds. The maximum atomic E-state index is 12.4. The van der Waals surface area contributed by atoms with Gasteiger partial charge in [0.1, 0.15) is 16.2 Å². The highest BCUT2D eigenvalue weighted by atomic mass is 32.1. The Balaban J connectivity index is 2.25. The molecule has 110 valence electrons. The normalized spacial score (nSPS) is 26.0. The molecule has 2 unspecified atom stereocenters. The molecule has 2 rings (SSSR count). The van der Waals surface area contributed by atoms with E-state index in [2.05, 4.69) is 5.32 Å². The minimum absolute atomic E-state index is 0.0799.